The standard InChI is InChI=1S/C23H21N3O/c1-2-25-18-24-26(22(25)27)23(19-12-6-3-7-13-19,20-14-8-4-9-15-20)21-16-10-5-11-17-21/h3-18H,2H2,1H3. The van der Waals surface area contributed by atoms with Crippen LogP contribution in [0.15, 0.2) is 102 Å². The minimum absolute atomic E-state index is 0.131. The van der Waals surface area contributed by atoms with Gasteiger partial charge in [0.2, 0.25) is 0 Å². The van der Waals surface area contributed by atoms with Crippen molar-refractivity contribution in [3.8, 4) is 0 Å². The summed E-state index contributed by atoms with van der Waals surface area (Å²) in [5, 5.41) is 4.56. The van der Waals surface area contributed by atoms with Crippen LogP contribution in [0.25, 0.3) is 0 Å². The van der Waals surface area contributed by atoms with Crippen molar-refractivity contribution in [2.45, 2.75) is 19.0 Å². The summed E-state index contributed by atoms with van der Waals surface area (Å²) in [6.07, 6.45) is 1.62. The minimum Gasteiger partial charge on any atom is -0.282 e. The van der Waals surface area contributed by atoms with Gasteiger partial charge in [0.15, 0.2) is 0 Å². The van der Waals surface area contributed by atoms with Gasteiger partial charge in [0.25, 0.3) is 0 Å². The SMILES string of the molecule is CCn1cnn(C(c2ccccc2)(c2ccccc2)c2ccccc2)c1=O. The Hall–Kier alpha value is -3.40. The number of benzene rings is 3. The Morgan fingerprint density at radius 2 is 1.15 bits per heavy atom. The van der Waals surface area contributed by atoms with Gasteiger partial charge in [0.05, 0.1) is 0 Å². The Balaban J connectivity index is 2.16. The summed E-state index contributed by atoms with van der Waals surface area (Å²) < 4.78 is 3.24. The second-order valence-electron chi connectivity index (χ2n) is 6.42. The van der Waals surface area contributed by atoms with Gasteiger partial charge in [-0.25, -0.2) is 4.79 Å². The van der Waals surface area contributed by atoms with Gasteiger partial charge < -0.3 is 0 Å². The lowest BCUT2D eigenvalue weighted by Gasteiger charge is -2.35. The smallest absolute Gasteiger partial charge is 0.282 e. The third-order valence-corrected chi connectivity index (χ3v) is 4.97. The molecule has 4 rings (SSSR count). The van der Waals surface area contributed by atoms with Crippen LogP contribution >= 0.6 is 0 Å². The Morgan fingerprint density at radius 1 is 0.741 bits per heavy atom. The highest BCUT2D eigenvalue weighted by molar-refractivity contribution is 5.50. The first-order chi connectivity index (χ1) is 13.3. The largest absolute Gasteiger partial charge is 0.347 e. The van der Waals surface area contributed by atoms with Crippen molar-refractivity contribution >= 4 is 0 Å². The number of hydrogen-bond acceptors (Lipinski definition) is 2. The molecule has 134 valence electrons. The van der Waals surface area contributed by atoms with Crippen LogP contribution in [0.1, 0.15) is 23.6 Å². The molecule has 0 radical (unpaired) electrons. The molecule has 0 saturated heterocycles. The molecule has 3 aromatic carbocycles. The normalized spacial score (nSPS) is 11.4. The molecule has 27 heavy (non-hydrogen) atoms. The lowest BCUT2D eigenvalue weighted by molar-refractivity contribution is 0.439. The average Bonchev–Trinajstić information content (AvgIpc) is 3.12. The molecule has 0 N–H and O–H groups in total. The van der Waals surface area contributed by atoms with E-state index in [-0.39, 0.29) is 5.69 Å². The van der Waals surface area contributed by atoms with Crippen molar-refractivity contribution in [2.75, 3.05) is 0 Å². The summed E-state index contributed by atoms with van der Waals surface area (Å²) in [5.41, 5.74) is 2.00. The van der Waals surface area contributed by atoms with E-state index >= 15 is 0 Å². The van der Waals surface area contributed by atoms with Crippen molar-refractivity contribution in [1.29, 1.82) is 0 Å². The van der Waals surface area contributed by atoms with Gasteiger partial charge in [-0.05, 0) is 23.6 Å². The zero-order chi connectivity index (χ0) is 18.7. The second kappa shape index (κ2) is 7.08. The van der Waals surface area contributed by atoms with Gasteiger partial charge >= 0.3 is 5.69 Å². The Labute approximate surface area is 158 Å². The molecule has 1 heterocycles. The van der Waals surface area contributed by atoms with E-state index in [4.69, 9.17) is 0 Å². The summed E-state index contributed by atoms with van der Waals surface area (Å²) in [7, 11) is 0. The first kappa shape index (κ1) is 17.0. The summed E-state index contributed by atoms with van der Waals surface area (Å²) in [4.78, 5) is 13.2. The average molecular weight is 355 g/mol. The molecule has 0 unspecified atom stereocenters. The minimum atomic E-state index is -0.846. The molecule has 0 spiro atoms. The molecule has 0 amide bonds. The first-order valence-electron chi connectivity index (χ1n) is 9.10. The number of aromatic nitrogens is 3. The monoisotopic (exact) mass is 355 g/mol. The van der Waals surface area contributed by atoms with E-state index in [1.165, 1.54) is 0 Å². The second-order valence-corrected chi connectivity index (χ2v) is 6.42. The van der Waals surface area contributed by atoms with Gasteiger partial charge in [-0.3, -0.25) is 4.57 Å². The van der Waals surface area contributed by atoms with Gasteiger partial charge in [-0.2, -0.15) is 9.78 Å². The van der Waals surface area contributed by atoms with Gasteiger partial charge in [0.1, 0.15) is 11.9 Å². The van der Waals surface area contributed by atoms with Crippen LogP contribution in [-0.4, -0.2) is 14.3 Å². The van der Waals surface area contributed by atoms with E-state index in [0.717, 1.165) is 16.7 Å². The van der Waals surface area contributed by atoms with Crippen molar-refractivity contribution in [2.24, 2.45) is 0 Å². The third-order valence-electron chi connectivity index (χ3n) is 4.97. The maximum Gasteiger partial charge on any atom is 0.347 e. The quantitative estimate of drug-likeness (QED) is 0.509. The number of rotatable bonds is 5. The molecule has 0 aliphatic heterocycles. The van der Waals surface area contributed by atoms with Crippen LogP contribution in [-0.2, 0) is 12.1 Å². The fraction of sp³-hybridized carbons (Fsp3) is 0.130. The molecule has 0 aliphatic carbocycles. The zero-order valence-corrected chi connectivity index (χ0v) is 15.2. The highest BCUT2D eigenvalue weighted by atomic mass is 16.2. The number of hydrogen-bond donors (Lipinski definition) is 0. The zero-order valence-electron chi connectivity index (χ0n) is 15.2. The molecule has 0 bridgehead atoms. The van der Waals surface area contributed by atoms with E-state index in [2.05, 4.69) is 41.5 Å². The lowest BCUT2D eigenvalue weighted by atomic mass is 9.77. The van der Waals surface area contributed by atoms with Gasteiger partial charge in [0, 0.05) is 6.54 Å². The van der Waals surface area contributed by atoms with E-state index in [0.29, 0.717) is 6.54 Å². The molecule has 1 aromatic heterocycles. The third kappa shape index (κ3) is 2.70. The molecule has 4 heteroatoms. The summed E-state index contributed by atoms with van der Waals surface area (Å²) >= 11 is 0. The summed E-state index contributed by atoms with van der Waals surface area (Å²) in [5.74, 6) is 0. The van der Waals surface area contributed by atoms with Crippen LogP contribution < -0.4 is 5.69 Å². The Kier molecular flexibility index (Phi) is 4.47. The highest BCUT2D eigenvalue weighted by Gasteiger charge is 2.41. The Morgan fingerprint density at radius 3 is 1.48 bits per heavy atom. The van der Waals surface area contributed by atoms with Crippen molar-refractivity contribution in [1.82, 2.24) is 14.3 Å². The summed E-state index contributed by atoms with van der Waals surface area (Å²) in [6.45, 7) is 2.52. The summed E-state index contributed by atoms with van der Waals surface area (Å²) in [6, 6.07) is 30.3. The van der Waals surface area contributed by atoms with Crippen LogP contribution in [0.2, 0.25) is 0 Å². The number of nitrogens with zero attached hydrogens (tertiary/aromatic N) is 3. The maximum absolute atomic E-state index is 13.2. The van der Waals surface area contributed by atoms with E-state index in [1.807, 2.05) is 61.5 Å². The molecule has 0 fully saturated rings. The fourth-order valence-corrected chi connectivity index (χ4v) is 3.69. The molecular weight excluding hydrogens is 334 g/mol. The Bertz CT molecular complexity index is 970. The van der Waals surface area contributed by atoms with Crippen molar-refractivity contribution < 1.29 is 0 Å². The number of aryl methyl sites for hydroxylation is 1. The lowest BCUT2D eigenvalue weighted by Crippen LogP contribution is -2.45. The van der Waals surface area contributed by atoms with Crippen LogP contribution in [0, 0.1) is 0 Å². The van der Waals surface area contributed by atoms with Crippen LogP contribution in [0.3, 0.4) is 0 Å². The molecule has 0 atom stereocenters. The van der Waals surface area contributed by atoms with Crippen LogP contribution in [0.5, 0.6) is 0 Å². The molecular formula is C23H21N3O. The van der Waals surface area contributed by atoms with Gasteiger partial charge in [-0.15, -0.1) is 0 Å². The van der Waals surface area contributed by atoms with E-state index in [9.17, 15) is 4.79 Å². The predicted octanol–water partition coefficient (Wildman–Crippen LogP) is 3.90. The predicted molar refractivity (Wildman–Crippen MR) is 107 cm³/mol. The van der Waals surface area contributed by atoms with Gasteiger partial charge in [-0.1, -0.05) is 91.0 Å². The van der Waals surface area contributed by atoms with Crippen molar-refractivity contribution in [3.05, 3.63) is 124 Å². The van der Waals surface area contributed by atoms with E-state index in [1.54, 1.807) is 15.6 Å². The van der Waals surface area contributed by atoms with Crippen LogP contribution in [0.4, 0.5) is 0 Å². The van der Waals surface area contributed by atoms with Crippen molar-refractivity contribution in [3.63, 3.8) is 0 Å². The molecule has 0 saturated carbocycles. The molecule has 0 aliphatic rings. The maximum atomic E-state index is 13.2. The fourth-order valence-electron chi connectivity index (χ4n) is 3.69. The molecule has 4 nitrogen and oxygen atoms in total. The molecule has 4 aromatic rings. The first-order valence-corrected chi connectivity index (χ1v) is 9.10. The highest BCUT2D eigenvalue weighted by Crippen LogP contribution is 2.39. The van der Waals surface area contributed by atoms with E-state index < -0.39 is 5.54 Å². The topological polar surface area (TPSA) is 39.8 Å².